The summed E-state index contributed by atoms with van der Waals surface area (Å²) in [6.07, 6.45) is 68.3. The Morgan fingerprint density at radius 2 is 0.877 bits per heavy atom. The monoisotopic (exact) mass is 1040 g/mol. The van der Waals surface area contributed by atoms with E-state index >= 15 is 0 Å². The first-order valence-corrected chi connectivity index (χ1v) is 31.4. The number of nitrogens with one attached hydrogen (secondary N) is 1. The second-order valence-corrected chi connectivity index (χ2v) is 22.7. The molecule has 0 aromatic rings. The van der Waals surface area contributed by atoms with Crippen LogP contribution in [0.1, 0.15) is 252 Å². The summed E-state index contributed by atoms with van der Waals surface area (Å²) in [5, 5.41) is 3.02. The van der Waals surface area contributed by atoms with Gasteiger partial charge < -0.3 is 28.5 Å². The third-order valence-electron chi connectivity index (χ3n) is 13.0. The summed E-state index contributed by atoms with van der Waals surface area (Å²) < 4.78 is 30.3. The molecule has 3 atom stereocenters. The number of ether oxygens (including phenoxy) is 1. The maximum Gasteiger partial charge on any atom is 0.306 e. The number of amides is 1. The zero-order valence-electron chi connectivity index (χ0n) is 48.1. The first-order valence-electron chi connectivity index (χ1n) is 30.0. The van der Waals surface area contributed by atoms with Crippen LogP contribution in [0.25, 0.3) is 0 Å². The van der Waals surface area contributed by atoms with Crippen LogP contribution in [-0.4, -0.2) is 69.4 Å². The lowest BCUT2D eigenvalue weighted by Crippen LogP contribution is -2.47. The van der Waals surface area contributed by atoms with Crippen LogP contribution in [0.2, 0.25) is 0 Å². The van der Waals surface area contributed by atoms with Gasteiger partial charge in [-0.15, -0.1) is 0 Å². The number of carbonyl (C=O) groups excluding carboxylic acids is 2. The van der Waals surface area contributed by atoms with Crippen LogP contribution in [0.5, 0.6) is 0 Å². The molecule has 0 heterocycles. The summed E-state index contributed by atoms with van der Waals surface area (Å²) >= 11 is 0. The van der Waals surface area contributed by atoms with Crippen molar-refractivity contribution in [2.75, 3.05) is 40.9 Å². The van der Waals surface area contributed by atoms with E-state index in [1.807, 2.05) is 94.1 Å². The van der Waals surface area contributed by atoms with Crippen molar-refractivity contribution < 1.29 is 37.3 Å². The summed E-state index contributed by atoms with van der Waals surface area (Å²) in [6, 6.07) is -0.908. The van der Waals surface area contributed by atoms with Crippen molar-refractivity contribution in [3.05, 3.63) is 85.1 Å². The minimum atomic E-state index is -4.71. The van der Waals surface area contributed by atoms with Gasteiger partial charge in [-0.2, -0.15) is 0 Å². The Morgan fingerprint density at radius 3 is 1.33 bits per heavy atom. The molecule has 0 aliphatic carbocycles. The quantitative estimate of drug-likeness (QED) is 0.0161. The molecule has 0 saturated heterocycles. The van der Waals surface area contributed by atoms with E-state index in [-0.39, 0.29) is 24.9 Å². The first-order chi connectivity index (χ1) is 35.4. The van der Waals surface area contributed by atoms with Gasteiger partial charge in [0.25, 0.3) is 7.82 Å². The van der Waals surface area contributed by atoms with Gasteiger partial charge in [0.2, 0.25) is 5.91 Å². The Kier molecular flexibility index (Phi) is 50.6. The smallest absolute Gasteiger partial charge is 0.306 e. The minimum Gasteiger partial charge on any atom is -0.756 e. The number of phosphoric acid groups is 1. The third kappa shape index (κ3) is 53.8. The lowest BCUT2D eigenvalue weighted by Gasteiger charge is -2.30. The predicted octanol–water partition coefficient (Wildman–Crippen LogP) is 17.6. The molecule has 0 fully saturated rings. The molecular formula is C63H113N2O7P. The molecule has 0 rings (SSSR count). The van der Waals surface area contributed by atoms with Crippen molar-refractivity contribution in [2.45, 2.75) is 264 Å². The van der Waals surface area contributed by atoms with Crippen LogP contribution >= 0.6 is 7.82 Å². The number of carbonyl (C=O) groups is 2. The van der Waals surface area contributed by atoms with Gasteiger partial charge in [-0.1, -0.05) is 273 Å². The number of nitrogens with zero attached hydrogens (tertiary/aromatic N) is 1. The molecule has 0 aromatic heterocycles. The number of likely N-dealkylation sites (N-methyl/N-ethyl adjacent to an activating group) is 1. The van der Waals surface area contributed by atoms with Crippen LogP contribution < -0.4 is 10.2 Å². The maximum absolute atomic E-state index is 13.5. The summed E-state index contributed by atoms with van der Waals surface area (Å²) in [7, 11) is 1.15. The summed E-state index contributed by atoms with van der Waals surface area (Å²) in [4.78, 5) is 39.9. The maximum atomic E-state index is 13.5. The summed E-state index contributed by atoms with van der Waals surface area (Å²) in [6.45, 7) is 6.68. The van der Waals surface area contributed by atoms with Crippen molar-refractivity contribution in [2.24, 2.45) is 0 Å². The highest BCUT2D eigenvalue weighted by molar-refractivity contribution is 7.45. The van der Waals surface area contributed by atoms with Crippen molar-refractivity contribution in [3.8, 4) is 0 Å². The van der Waals surface area contributed by atoms with E-state index in [2.05, 4.69) is 38.2 Å². The number of hydrogen-bond donors (Lipinski definition) is 1. The number of quaternary nitrogens is 1. The number of phosphoric ester groups is 1. The van der Waals surface area contributed by atoms with Gasteiger partial charge in [0.15, 0.2) is 0 Å². The predicted molar refractivity (Wildman–Crippen MR) is 311 cm³/mol. The first kappa shape index (κ1) is 70.2. The van der Waals surface area contributed by atoms with Crippen LogP contribution in [-0.2, 0) is 27.9 Å². The minimum absolute atomic E-state index is 0.0322. The van der Waals surface area contributed by atoms with E-state index in [9.17, 15) is 19.0 Å². The van der Waals surface area contributed by atoms with Crippen molar-refractivity contribution in [1.29, 1.82) is 0 Å². The second kappa shape index (κ2) is 52.6. The van der Waals surface area contributed by atoms with Crippen LogP contribution in [0.4, 0.5) is 0 Å². The van der Waals surface area contributed by atoms with Crippen LogP contribution in [0.15, 0.2) is 85.1 Å². The highest BCUT2D eigenvalue weighted by atomic mass is 31.2. The topological polar surface area (TPSA) is 114 Å². The lowest BCUT2D eigenvalue weighted by atomic mass is 10.0. The van der Waals surface area contributed by atoms with Gasteiger partial charge in [-0.3, -0.25) is 14.2 Å². The van der Waals surface area contributed by atoms with E-state index < -0.39 is 26.6 Å². The Morgan fingerprint density at radius 1 is 0.493 bits per heavy atom. The molecule has 0 radical (unpaired) electrons. The number of rotatable bonds is 53. The molecule has 3 unspecified atom stereocenters. The summed E-state index contributed by atoms with van der Waals surface area (Å²) in [5.74, 6) is -0.589. The largest absolute Gasteiger partial charge is 0.756 e. The zero-order valence-corrected chi connectivity index (χ0v) is 49.0. The average molecular weight is 1040 g/mol. The molecule has 73 heavy (non-hydrogen) atoms. The molecule has 0 bridgehead atoms. The van der Waals surface area contributed by atoms with Crippen molar-refractivity contribution >= 4 is 19.7 Å². The normalized spacial score (nSPS) is 14.3. The number of hydrogen-bond acceptors (Lipinski definition) is 7. The Hall–Kier alpha value is -2.81. The highest BCUT2D eigenvalue weighted by Gasteiger charge is 2.27. The van der Waals surface area contributed by atoms with Gasteiger partial charge in [0.05, 0.1) is 33.8 Å². The molecule has 0 saturated carbocycles. The van der Waals surface area contributed by atoms with Gasteiger partial charge in [0.1, 0.15) is 19.3 Å². The highest BCUT2D eigenvalue weighted by Crippen LogP contribution is 2.38. The molecule has 1 amide bonds. The average Bonchev–Trinajstić information content (AvgIpc) is 3.35. The Bertz CT molecular complexity index is 1530. The molecule has 422 valence electrons. The second-order valence-electron chi connectivity index (χ2n) is 21.3. The van der Waals surface area contributed by atoms with Gasteiger partial charge >= 0.3 is 5.97 Å². The molecule has 0 aliphatic heterocycles. The molecule has 9 nitrogen and oxygen atoms in total. The Labute approximate surface area is 450 Å². The van der Waals surface area contributed by atoms with Crippen molar-refractivity contribution in [1.82, 2.24) is 5.32 Å². The van der Waals surface area contributed by atoms with Gasteiger partial charge in [-0.05, 0) is 51.0 Å². The van der Waals surface area contributed by atoms with E-state index in [4.69, 9.17) is 13.8 Å². The molecule has 0 spiro atoms. The molecule has 1 N–H and O–H groups in total. The molecule has 0 aromatic carbocycles. The van der Waals surface area contributed by atoms with E-state index in [0.717, 1.165) is 64.2 Å². The fourth-order valence-electron chi connectivity index (χ4n) is 8.38. The van der Waals surface area contributed by atoms with Gasteiger partial charge in [-0.25, -0.2) is 0 Å². The number of esters is 1. The standard InChI is InChI=1S/C63H113N2O7P/c1-7-10-13-16-19-22-25-28-30-32-34-37-40-43-46-49-52-55-62(66)64-60(59-71-73(68,69)70-58-57-65(4,5)6)61(54-51-48-45-42-39-36-27-24-21-18-15-12-9-3)72-63(67)56-53-50-47-44-41-38-35-33-31-29-26-23-20-17-14-11-8-2/h11,14,17,20,23,26,29,31,33,35,38,41,51,54,60-61H,7-10,12-13,15-16,18-19,21-22,24-25,27-28,30,32,34,36-37,39-40,42-50,52-53,55-59H2,1-6H3,(H-,64,66,68,69)/b14-11-,20-17+,26-23+,31-29-,35-33+,41-38+,54-51+. The van der Waals surface area contributed by atoms with Crippen molar-refractivity contribution in [3.63, 3.8) is 0 Å². The van der Waals surface area contributed by atoms with E-state index in [1.165, 1.54) is 148 Å². The van der Waals surface area contributed by atoms with E-state index in [0.29, 0.717) is 23.9 Å². The van der Waals surface area contributed by atoms with Crippen LogP contribution in [0.3, 0.4) is 0 Å². The van der Waals surface area contributed by atoms with Crippen LogP contribution in [0, 0.1) is 0 Å². The lowest BCUT2D eigenvalue weighted by molar-refractivity contribution is -0.870. The number of unbranched alkanes of at least 4 members (excludes halogenated alkanes) is 30. The third-order valence-corrected chi connectivity index (χ3v) is 14.0. The Balaban J connectivity index is 5.41. The SMILES string of the molecule is CC\C=C/C=C/C=C/C=C\C=C\C=C\CCCCCC(=O)OC(/C=C/CCCCCCCCCCCCC)C(COP(=O)([O-])OCC[N+](C)(C)C)NC(=O)CCCCCCCCCCCCCCCCCCC. The zero-order chi connectivity index (χ0) is 53.6. The summed E-state index contributed by atoms with van der Waals surface area (Å²) in [5.41, 5.74) is 0. The number of allylic oxidation sites excluding steroid dienone is 13. The molecular weight excluding hydrogens is 928 g/mol. The molecule has 0 aliphatic rings. The van der Waals surface area contributed by atoms with Gasteiger partial charge in [0, 0.05) is 12.8 Å². The fraction of sp³-hybridized carbons (Fsp3) is 0.746. The fourth-order valence-corrected chi connectivity index (χ4v) is 9.10. The molecule has 10 heteroatoms. The van der Waals surface area contributed by atoms with E-state index in [1.54, 1.807) is 0 Å².